The number of pyridine rings is 1. The van der Waals surface area contributed by atoms with E-state index in [1.165, 1.54) is 43.3 Å². The molecule has 7 aromatic rings. The van der Waals surface area contributed by atoms with Crippen molar-refractivity contribution in [2.75, 3.05) is 16.0 Å². The largest absolute Gasteiger partial charge is 0.339 e. The lowest BCUT2D eigenvalue weighted by Crippen LogP contribution is -2.27. The van der Waals surface area contributed by atoms with Crippen molar-refractivity contribution in [3.63, 3.8) is 0 Å². The second-order valence-electron chi connectivity index (χ2n) is 17.4. The van der Waals surface area contributed by atoms with Crippen LogP contribution in [0.4, 0.5) is 50.1 Å². The highest BCUT2D eigenvalue weighted by atomic mass is 35.5. The maximum absolute atomic E-state index is 12.8. The summed E-state index contributed by atoms with van der Waals surface area (Å²) in [7, 11) is -25.9. The molecule has 0 aliphatic carbocycles. The minimum absolute atomic E-state index is 0.0267. The molecule has 0 saturated heterocycles. The van der Waals surface area contributed by atoms with Crippen molar-refractivity contribution in [2.24, 2.45) is 25.9 Å². The van der Waals surface area contributed by atoms with Crippen molar-refractivity contribution in [3.05, 3.63) is 112 Å². The zero-order valence-electron chi connectivity index (χ0n) is 40.1. The van der Waals surface area contributed by atoms with Crippen molar-refractivity contribution < 1.29 is 69.6 Å². The van der Waals surface area contributed by atoms with E-state index in [2.05, 4.69) is 41.4 Å². The Bertz CT molecular complexity index is 4500. The number of hydrogen-bond acceptors (Lipinski definition) is 21. The van der Waals surface area contributed by atoms with Gasteiger partial charge in [-0.2, -0.15) is 52.6 Å². The predicted molar refractivity (Wildman–Crippen MR) is 287 cm³/mol. The van der Waals surface area contributed by atoms with Gasteiger partial charge in [0.15, 0.2) is 16.6 Å². The van der Waals surface area contributed by atoms with E-state index in [4.69, 9.17) is 23.2 Å². The van der Waals surface area contributed by atoms with Gasteiger partial charge >= 0.3 is 0 Å². The number of carbonyl (C=O) groups excluding carboxylic acids is 1. The molecule has 5 aromatic carbocycles. The Morgan fingerprint density at radius 1 is 0.582 bits per heavy atom. The fourth-order valence-corrected chi connectivity index (χ4v) is 12.1. The van der Waals surface area contributed by atoms with Gasteiger partial charge in [0.05, 0.1) is 26.2 Å². The van der Waals surface area contributed by atoms with Gasteiger partial charge in [-0.3, -0.25) is 27.6 Å². The molecule has 34 heteroatoms. The highest BCUT2D eigenvalue weighted by molar-refractivity contribution is 7.87. The number of fused-ring (bicyclic) bond motifs is 1. The first-order chi connectivity index (χ1) is 36.5. The molecule has 0 aliphatic rings. The molecule has 0 fully saturated rings. The van der Waals surface area contributed by atoms with Crippen LogP contribution in [-0.2, 0) is 55.4 Å². The molecule has 79 heavy (non-hydrogen) atoms. The van der Waals surface area contributed by atoms with Crippen molar-refractivity contribution >= 4 is 152 Å². The number of anilines is 5. The Hall–Kier alpha value is -7.41. The van der Waals surface area contributed by atoms with E-state index >= 15 is 0 Å². The van der Waals surface area contributed by atoms with Crippen LogP contribution in [0.2, 0.25) is 10.0 Å². The number of azo groups is 2. The van der Waals surface area contributed by atoms with Crippen molar-refractivity contribution in [1.29, 1.82) is 10.5 Å². The van der Waals surface area contributed by atoms with E-state index in [1.807, 2.05) is 12.1 Å². The molecular formula is C45H34Cl2N10O16S6. The van der Waals surface area contributed by atoms with Crippen LogP contribution >= 0.6 is 34.5 Å². The number of rotatable bonds is 15. The normalized spacial score (nSPS) is 12.7. The lowest BCUT2D eigenvalue weighted by atomic mass is 9.95. The minimum atomic E-state index is -5.43. The topological polar surface area (TPSA) is 435 Å². The van der Waals surface area contributed by atoms with Gasteiger partial charge in [-0.1, -0.05) is 67.4 Å². The highest BCUT2D eigenvalue weighted by Gasteiger charge is 2.28. The Morgan fingerprint density at radius 3 is 1.56 bits per heavy atom. The summed E-state index contributed by atoms with van der Waals surface area (Å²) in [5, 5.41) is 43.8. The summed E-state index contributed by atoms with van der Waals surface area (Å²) >= 11 is 12.7. The van der Waals surface area contributed by atoms with Gasteiger partial charge in [-0.25, -0.2) is 4.98 Å². The Kier molecular flexibility index (Phi) is 16.3. The third kappa shape index (κ3) is 13.2. The first kappa shape index (κ1) is 59.3. The van der Waals surface area contributed by atoms with E-state index in [-0.39, 0.29) is 82.5 Å². The fourth-order valence-electron chi connectivity index (χ4n) is 7.11. The number of aromatic nitrogens is 1. The molecule has 7 rings (SSSR count). The first-order valence-electron chi connectivity index (χ1n) is 21.4. The molecule has 1 amide bonds. The molecule has 0 aliphatic heterocycles. The molecule has 0 atom stereocenters. The smallest absolute Gasteiger partial charge is 0.296 e. The van der Waals surface area contributed by atoms with Gasteiger partial charge in [-0.15, -0.1) is 20.5 Å². The summed E-state index contributed by atoms with van der Waals surface area (Å²) in [6.07, 6.45) is 0. The lowest BCUT2D eigenvalue weighted by molar-refractivity contribution is -0.123. The molecule has 0 saturated carbocycles. The number of nitriles is 2. The monoisotopic (exact) mass is 1230 g/mol. The van der Waals surface area contributed by atoms with Crippen molar-refractivity contribution in [2.45, 2.75) is 52.2 Å². The lowest BCUT2D eigenvalue weighted by Gasteiger charge is -2.17. The van der Waals surface area contributed by atoms with Crippen LogP contribution in [0, 0.1) is 35.0 Å². The molecule has 0 unspecified atom stereocenters. The molecule has 0 bridgehead atoms. The molecule has 0 spiro atoms. The Morgan fingerprint density at radius 2 is 1.06 bits per heavy atom. The number of amides is 1. The summed E-state index contributed by atoms with van der Waals surface area (Å²) in [5.41, 5.74) is -1.90. The fraction of sp³-hybridized carbons (Fsp3) is 0.111. The molecule has 8 N–H and O–H groups in total. The number of carbonyl (C=O) groups is 1. The number of nitrogens with one attached hydrogen (secondary N) is 3. The molecule has 0 radical (unpaired) electrons. The van der Waals surface area contributed by atoms with E-state index < -0.39 is 96.9 Å². The van der Waals surface area contributed by atoms with Gasteiger partial charge in [0.2, 0.25) is 5.91 Å². The standard InChI is InChI=1S/C45H34Cl2N10O16S6/c1-21-30(19-48)40(50-24-9-11-32(46)36(14-24)78(68,69)70)53-41(51-25-10-12-33(47)37(15-25)79(71,72)73)39(21)55-56-42-31(20-49)38(22-5-7-23(8-6-22)52-44(58)45(2,3)4)43(74-42)57-54-26-13-28-29(34(16-26)76(62,63)64)17-27(75(59,60)61)18-35(28)77(65,66)67/h5-18H,1-4H3,(H,52,58)(H2,50,51,53)(H,59,60,61)(H,62,63,64)(H,65,66,67)(H,68,69,70)(H,71,72,73). The van der Waals surface area contributed by atoms with Gasteiger partial charge in [0.25, 0.3) is 50.6 Å². The summed E-state index contributed by atoms with van der Waals surface area (Å²) in [6, 6.07) is 18.8. The third-order valence-electron chi connectivity index (χ3n) is 10.9. The zero-order valence-corrected chi connectivity index (χ0v) is 46.6. The van der Waals surface area contributed by atoms with Crippen LogP contribution < -0.4 is 16.0 Å². The molecule has 2 aromatic heterocycles. The van der Waals surface area contributed by atoms with Crippen LogP contribution in [0.15, 0.2) is 130 Å². The van der Waals surface area contributed by atoms with Gasteiger partial charge in [0, 0.05) is 44.4 Å². The van der Waals surface area contributed by atoms with Crippen LogP contribution in [0.5, 0.6) is 0 Å². The summed E-state index contributed by atoms with van der Waals surface area (Å²) in [4.78, 5) is 12.3. The van der Waals surface area contributed by atoms with Crippen LogP contribution in [-0.4, -0.2) is 75.7 Å². The Labute approximate surface area is 462 Å². The first-order valence-corrected chi connectivity index (χ1v) is 30.2. The third-order valence-corrected chi connectivity index (χ3v) is 17.1. The van der Waals surface area contributed by atoms with Crippen molar-refractivity contribution in [1.82, 2.24) is 4.98 Å². The maximum atomic E-state index is 12.8. The van der Waals surface area contributed by atoms with E-state index in [9.17, 15) is 80.2 Å². The van der Waals surface area contributed by atoms with Crippen LogP contribution in [0.1, 0.15) is 37.5 Å². The summed E-state index contributed by atoms with van der Waals surface area (Å²) < 4.78 is 173. The summed E-state index contributed by atoms with van der Waals surface area (Å²) in [6.45, 7) is 6.40. The molecular weight excluding hydrogens is 1200 g/mol. The maximum Gasteiger partial charge on any atom is 0.296 e. The zero-order chi connectivity index (χ0) is 58.5. The molecule has 26 nitrogen and oxygen atoms in total. The number of thiophene rings is 1. The number of benzene rings is 5. The number of hydrogen-bond donors (Lipinski definition) is 8. The highest BCUT2D eigenvalue weighted by Crippen LogP contribution is 2.49. The average Bonchev–Trinajstić information content (AvgIpc) is 3.78. The molecule has 410 valence electrons. The predicted octanol–water partition coefficient (Wildman–Crippen LogP) is 10.9. The van der Waals surface area contributed by atoms with Crippen molar-refractivity contribution in [3.8, 4) is 23.3 Å². The minimum Gasteiger partial charge on any atom is -0.339 e. The van der Waals surface area contributed by atoms with Gasteiger partial charge < -0.3 is 16.0 Å². The Balaban J connectivity index is 1.46. The van der Waals surface area contributed by atoms with Gasteiger partial charge in [0.1, 0.15) is 48.0 Å². The van der Waals surface area contributed by atoms with Crippen LogP contribution in [0.3, 0.4) is 0 Å². The van der Waals surface area contributed by atoms with Crippen LogP contribution in [0.25, 0.3) is 21.9 Å². The molecule has 2 heterocycles. The average molecular weight is 1230 g/mol. The second-order valence-corrected chi connectivity index (χ2v) is 26.2. The quantitative estimate of drug-likeness (QED) is 0.0349. The van der Waals surface area contributed by atoms with Gasteiger partial charge in [-0.05, 0) is 85.3 Å². The number of nitrogens with zero attached hydrogens (tertiary/aromatic N) is 7. The van der Waals surface area contributed by atoms with E-state index in [0.29, 0.717) is 35.2 Å². The van der Waals surface area contributed by atoms with E-state index in [1.54, 1.807) is 20.8 Å². The number of halogens is 2. The SMILES string of the molecule is Cc1c(C#N)c(Nc2ccc(Cl)c(S(=O)(=O)O)c2)nc(Nc2ccc(Cl)c(S(=O)(=O)O)c2)c1N=Nc1sc(N=Nc2cc(S(=O)(=O)O)c3cc(S(=O)(=O)O)cc(S(=O)(=O)O)c3c2)c(-c2ccc(NC(=O)C(C)(C)C)cc2)c1C#N. The summed E-state index contributed by atoms with van der Waals surface area (Å²) in [5.74, 6) is -0.967. The van der Waals surface area contributed by atoms with E-state index in [0.717, 1.165) is 30.3 Å². The second kappa shape index (κ2) is 21.7.